The molecule has 188 valence electrons. The maximum Gasteiger partial charge on any atom is 0.225 e. The molecule has 0 spiro atoms. The van der Waals surface area contributed by atoms with Gasteiger partial charge in [-0.15, -0.1) is 11.3 Å². The highest BCUT2D eigenvalue weighted by Gasteiger charge is 2.48. The molecule has 3 heterocycles. The Labute approximate surface area is 209 Å². The summed E-state index contributed by atoms with van der Waals surface area (Å²) < 4.78 is 1.05. The second kappa shape index (κ2) is 9.24. The van der Waals surface area contributed by atoms with Crippen LogP contribution >= 0.6 is 11.3 Å². The van der Waals surface area contributed by atoms with Crippen molar-refractivity contribution in [2.45, 2.75) is 89.7 Å². The quantitative estimate of drug-likeness (QED) is 0.332. The zero-order valence-electron chi connectivity index (χ0n) is 20.6. The van der Waals surface area contributed by atoms with Gasteiger partial charge in [-0.25, -0.2) is 9.97 Å². The molecule has 9 nitrogen and oxygen atoms in total. The van der Waals surface area contributed by atoms with Crippen LogP contribution < -0.4 is 10.6 Å². The molecule has 10 heteroatoms. The maximum absolute atomic E-state index is 10.8. The molecule has 0 amide bonds. The van der Waals surface area contributed by atoms with E-state index in [2.05, 4.69) is 22.5 Å². The zero-order valence-corrected chi connectivity index (χ0v) is 21.4. The SMILES string of the molecule is CCc1nccc2sc(-c3c(C)nc(NC4CCC4)nc3N[C@@H]3C[C@H](C(C)(C)O)[C@@H](O)[C@H]3O)nc12. The van der Waals surface area contributed by atoms with Crippen LogP contribution in [0.25, 0.3) is 20.8 Å². The maximum atomic E-state index is 10.8. The number of hydrogen-bond acceptors (Lipinski definition) is 10. The van der Waals surface area contributed by atoms with Gasteiger partial charge >= 0.3 is 0 Å². The average molecular weight is 499 g/mol. The molecule has 2 aliphatic rings. The van der Waals surface area contributed by atoms with E-state index >= 15 is 0 Å². The van der Waals surface area contributed by atoms with Crippen molar-refractivity contribution in [2.75, 3.05) is 10.6 Å². The van der Waals surface area contributed by atoms with Crippen LogP contribution in [0.5, 0.6) is 0 Å². The van der Waals surface area contributed by atoms with Gasteiger partial charge in [0.2, 0.25) is 5.95 Å². The number of nitrogens with zero attached hydrogens (tertiary/aromatic N) is 4. The highest BCUT2D eigenvalue weighted by Crippen LogP contribution is 2.40. The van der Waals surface area contributed by atoms with Gasteiger partial charge < -0.3 is 26.0 Å². The highest BCUT2D eigenvalue weighted by atomic mass is 32.1. The summed E-state index contributed by atoms with van der Waals surface area (Å²) >= 11 is 1.56. The van der Waals surface area contributed by atoms with Gasteiger partial charge in [-0.05, 0) is 58.9 Å². The topological polar surface area (TPSA) is 136 Å². The number of thiazole rings is 1. The minimum Gasteiger partial charge on any atom is -0.390 e. The Kier molecular flexibility index (Phi) is 6.41. The summed E-state index contributed by atoms with van der Waals surface area (Å²) in [5.74, 6) is 0.647. The van der Waals surface area contributed by atoms with Crippen LogP contribution in [0.1, 0.15) is 57.8 Å². The Bertz CT molecular complexity index is 1220. The van der Waals surface area contributed by atoms with E-state index in [9.17, 15) is 15.3 Å². The first-order valence-corrected chi connectivity index (χ1v) is 13.2. The third-order valence-electron chi connectivity index (χ3n) is 7.37. The number of fused-ring (bicyclic) bond motifs is 1. The molecule has 2 aliphatic carbocycles. The number of pyridine rings is 1. The van der Waals surface area contributed by atoms with E-state index in [0.29, 0.717) is 24.2 Å². The first kappa shape index (κ1) is 24.3. The minimum absolute atomic E-state index is 0.368. The molecule has 0 aliphatic heterocycles. The standard InChI is InChI=1S/C25H34N6O3S/c1-5-15-19-17(9-10-26-15)35-23(30-19)18-12(2)27-24(28-13-7-6-8-13)31-22(18)29-16-11-14(25(3,4)34)20(32)21(16)33/h9-10,13-14,16,20-21,32-34H,5-8,11H2,1-4H3,(H2,27,28,29,31)/t14-,16+,20+,21-/m0/s1. The number of aromatic nitrogens is 4. The number of anilines is 2. The number of rotatable bonds is 7. The largest absolute Gasteiger partial charge is 0.390 e. The Morgan fingerprint density at radius 3 is 2.51 bits per heavy atom. The lowest BCUT2D eigenvalue weighted by Crippen LogP contribution is -2.40. The molecule has 5 rings (SSSR count). The lowest BCUT2D eigenvalue weighted by Gasteiger charge is -2.28. The fraction of sp³-hybridized carbons (Fsp3) is 0.600. The summed E-state index contributed by atoms with van der Waals surface area (Å²) in [4.78, 5) is 19.0. The predicted octanol–water partition coefficient (Wildman–Crippen LogP) is 3.28. The van der Waals surface area contributed by atoms with E-state index in [1.807, 2.05) is 19.2 Å². The molecular weight excluding hydrogens is 464 g/mol. The summed E-state index contributed by atoms with van der Waals surface area (Å²) in [6, 6.07) is 1.86. The van der Waals surface area contributed by atoms with Crippen molar-refractivity contribution in [1.29, 1.82) is 0 Å². The lowest BCUT2D eigenvalue weighted by atomic mass is 9.88. The summed E-state index contributed by atoms with van der Waals surface area (Å²) in [6.07, 6.45) is 4.32. The molecule has 35 heavy (non-hydrogen) atoms. The third-order valence-corrected chi connectivity index (χ3v) is 8.41. The Balaban J connectivity index is 1.55. The number of aliphatic hydroxyl groups excluding tert-OH is 2. The third kappa shape index (κ3) is 4.60. The highest BCUT2D eigenvalue weighted by molar-refractivity contribution is 7.21. The number of aliphatic hydroxyl groups is 3. The van der Waals surface area contributed by atoms with Gasteiger partial charge in [0.1, 0.15) is 22.4 Å². The summed E-state index contributed by atoms with van der Waals surface area (Å²) in [7, 11) is 0. The van der Waals surface area contributed by atoms with E-state index in [1.165, 1.54) is 6.42 Å². The Morgan fingerprint density at radius 1 is 1.11 bits per heavy atom. The van der Waals surface area contributed by atoms with Crippen LogP contribution in [0.3, 0.4) is 0 Å². The van der Waals surface area contributed by atoms with E-state index in [1.54, 1.807) is 25.2 Å². The van der Waals surface area contributed by atoms with Crippen molar-refractivity contribution in [1.82, 2.24) is 19.9 Å². The molecule has 2 fully saturated rings. The van der Waals surface area contributed by atoms with E-state index in [4.69, 9.17) is 15.0 Å². The normalized spacial score (nSPS) is 25.1. The van der Waals surface area contributed by atoms with Gasteiger partial charge in [-0.3, -0.25) is 4.98 Å². The van der Waals surface area contributed by atoms with Gasteiger partial charge in [0, 0.05) is 18.2 Å². The van der Waals surface area contributed by atoms with Crippen molar-refractivity contribution in [3.05, 3.63) is 23.7 Å². The van der Waals surface area contributed by atoms with Crippen LogP contribution in [-0.2, 0) is 6.42 Å². The van der Waals surface area contributed by atoms with Crippen molar-refractivity contribution in [2.24, 2.45) is 5.92 Å². The Morgan fingerprint density at radius 2 is 1.89 bits per heavy atom. The smallest absolute Gasteiger partial charge is 0.225 e. The van der Waals surface area contributed by atoms with Gasteiger partial charge in [0.15, 0.2) is 0 Å². The molecule has 5 N–H and O–H groups in total. The summed E-state index contributed by atoms with van der Waals surface area (Å²) in [6.45, 7) is 7.34. The van der Waals surface area contributed by atoms with Crippen molar-refractivity contribution < 1.29 is 15.3 Å². The molecule has 0 bridgehead atoms. The number of aryl methyl sites for hydroxylation is 2. The van der Waals surface area contributed by atoms with Gasteiger partial charge in [0.25, 0.3) is 0 Å². The fourth-order valence-corrected chi connectivity index (χ4v) is 6.14. The molecule has 3 aromatic heterocycles. The van der Waals surface area contributed by atoms with Crippen LogP contribution in [-0.4, -0.2) is 65.1 Å². The van der Waals surface area contributed by atoms with Crippen LogP contribution in [0.4, 0.5) is 11.8 Å². The van der Waals surface area contributed by atoms with Gasteiger partial charge in [-0.1, -0.05) is 6.92 Å². The zero-order chi connectivity index (χ0) is 24.9. The second-order valence-corrected chi connectivity index (χ2v) is 11.4. The second-order valence-electron chi connectivity index (χ2n) is 10.3. The van der Waals surface area contributed by atoms with E-state index < -0.39 is 29.8 Å². The molecule has 4 atom stereocenters. The molecule has 0 saturated heterocycles. The van der Waals surface area contributed by atoms with Crippen molar-refractivity contribution in [3.8, 4) is 10.6 Å². The first-order valence-electron chi connectivity index (χ1n) is 12.4. The van der Waals surface area contributed by atoms with Gasteiger partial charge in [0.05, 0.1) is 39.4 Å². The number of hydrogen-bond donors (Lipinski definition) is 5. The summed E-state index contributed by atoms with van der Waals surface area (Å²) in [5, 5.41) is 39.6. The molecular formula is C25H34N6O3S. The fourth-order valence-electron chi connectivity index (χ4n) is 5.06. The molecule has 0 unspecified atom stereocenters. The molecule has 3 aromatic rings. The average Bonchev–Trinajstić information content (AvgIpc) is 3.32. The van der Waals surface area contributed by atoms with Crippen molar-refractivity contribution >= 4 is 33.3 Å². The van der Waals surface area contributed by atoms with Crippen LogP contribution in [0.15, 0.2) is 12.3 Å². The molecule has 0 aromatic carbocycles. The van der Waals surface area contributed by atoms with E-state index in [0.717, 1.165) is 51.4 Å². The van der Waals surface area contributed by atoms with E-state index in [-0.39, 0.29) is 0 Å². The minimum atomic E-state index is -1.12. The summed E-state index contributed by atoms with van der Waals surface area (Å²) in [5.41, 5.74) is 2.27. The number of nitrogens with one attached hydrogen (secondary N) is 2. The monoisotopic (exact) mass is 498 g/mol. The first-order chi connectivity index (χ1) is 16.7. The predicted molar refractivity (Wildman–Crippen MR) is 138 cm³/mol. The van der Waals surface area contributed by atoms with Gasteiger partial charge in [-0.2, -0.15) is 4.98 Å². The lowest BCUT2D eigenvalue weighted by molar-refractivity contribution is -0.0601. The molecule has 0 radical (unpaired) electrons. The molecule has 2 saturated carbocycles. The van der Waals surface area contributed by atoms with Crippen LogP contribution in [0.2, 0.25) is 0 Å². The van der Waals surface area contributed by atoms with Crippen molar-refractivity contribution in [3.63, 3.8) is 0 Å². The van der Waals surface area contributed by atoms with Crippen LogP contribution in [0, 0.1) is 12.8 Å². The Hall–Kier alpha value is -2.40.